The summed E-state index contributed by atoms with van der Waals surface area (Å²) in [6.07, 6.45) is 0. The third kappa shape index (κ3) is 3.42. The molecule has 0 unspecified atom stereocenters. The molecular weight excluding hydrogens is 250 g/mol. The largest absolute Gasteiger partial charge is 0.468 e. The summed E-state index contributed by atoms with van der Waals surface area (Å²) >= 11 is 0. The number of carbonyl (C=O) groups excluding carboxylic acids is 1. The van der Waals surface area contributed by atoms with Crippen molar-refractivity contribution in [1.29, 1.82) is 5.26 Å². The number of ether oxygens (including phenoxy) is 1. The number of hydrogen-bond acceptors (Lipinski definition) is 6. The Morgan fingerprint density at radius 1 is 1.58 bits per heavy atom. The molecule has 7 heteroatoms. The average molecular weight is 263 g/mol. The minimum Gasteiger partial charge on any atom is -0.468 e. The number of carbonyl (C=O) groups is 1. The van der Waals surface area contributed by atoms with E-state index in [4.69, 9.17) is 5.26 Å². The van der Waals surface area contributed by atoms with Crippen molar-refractivity contribution in [2.45, 2.75) is 6.92 Å². The average Bonchev–Trinajstić information content (AvgIpc) is 2.43. The van der Waals surface area contributed by atoms with E-state index >= 15 is 0 Å². The van der Waals surface area contributed by atoms with Crippen molar-refractivity contribution in [2.24, 2.45) is 0 Å². The molecule has 0 N–H and O–H groups in total. The van der Waals surface area contributed by atoms with Crippen molar-refractivity contribution in [1.82, 2.24) is 0 Å². The molecule has 0 spiro atoms. The van der Waals surface area contributed by atoms with Crippen LogP contribution in [0.5, 0.6) is 0 Å². The zero-order chi connectivity index (χ0) is 14.4. The topological polar surface area (TPSA) is 96.5 Å². The Labute approximate surface area is 110 Å². The van der Waals surface area contributed by atoms with Crippen LogP contribution in [0.25, 0.3) is 0 Å². The molecule has 0 saturated carbocycles. The van der Waals surface area contributed by atoms with Gasteiger partial charge in [0.25, 0.3) is 5.69 Å². The highest BCUT2D eigenvalue weighted by Crippen LogP contribution is 2.28. The summed E-state index contributed by atoms with van der Waals surface area (Å²) in [7, 11) is 1.25. The van der Waals surface area contributed by atoms with Crippen molar-refractivity contribution >= 4 is 17.3 Å². The first-order valence-corrected chi connectivity index (χ1v) is 5.53. The van der Waals surface area contributed by atoms with Gasteiger partial charge >= 0.3 is 5.97 Å². The monoisotopic (exact) mass is 263 g/mol. The maximum Gasteiger partial charge on any atom is 0.325 e. The van der Waals surface area contributed by atoms with Gasteiger partial charge in [-0.3, -0.25) is 14.9 Å². The van der Waals surface area contributed by atoms with Crippen LogP contribution < -0.4 is 4.90 Å². The Bertz CT molecular complexity index is 536. The molecule has 1 aromatic carbocycles. The minimum absolute atomic E-state index is 0.0836. The third-order valence-corrected chi connectivity index (χ3v) is 2.57. The number of anilines is 1. The molecule has 1 aromatic rings. The summed E-state index contributed by atoms with van der Waals surface area (Å²) in [6.45, 7) is 2.09. The van der Waals surface area contributed by atoms with Crippen molar-refractivity contribution in [3.05, 3.63) is 33.9 Å². The van der Waals surface area contributed by atoms with E-state index in [1.165, 1.54) is 30.2 Å². The molecule has 0 fully saturated rings. The van der Waals surface area contributed by atoms with Gasteiger partial charge in [-0.1, -0.05) is 0 Å². The summed E-state index contributed by atoms with van der Waals surface area (Å²) in [5, 5.41) is 19.8. The third-order valence-electron chi connectivity index (χ3n) is 2.57. The van der Waals surface area contributed by atoms with Gasteiger partial charge in [0, 0.05) is 12.6 Å². The Morgan fingerprint density at radius 3 is 2.74 bits per heavy atom. The molecule has 19 heavy (non-hydrogen) atoms. The molecule has 0 saturated heterocycles. The molecule has 7 nitrogen and oxygen atoms in total. The van der Waals surface area contributed by atoms with Crippen molar-refractivity contribution in [3.63, 3.8) is 0 Å². The fourth-order valence-corrected chi connectivity index (χ4v) is 1.59. The smallest absolute Gasteiger partial charge is 0.325 e. The van der Waals surface area contributed by atoms with Crippen molar-refractivity contribution in [2.75, 3.05) is 25.1 Å². The van der Waals surface area contributed by atoms with Gasteiger partial charge < -0.3 is 9.64 Å². The van der Waals surface area contributed by atoms with Crippen molar-refractivity contribution in [3.8, 4) is 6.07 Å². The number of benzene rings is 1. The lowest BCUT2D eigenvalue weighted by molar-refractivity contribution is -0.384. The quantitative estimate of drug-likeness (QED) is 0.453. The van der Waals surface area contributed by atoms with Crippen LogP contribution in [0.4, 0.5) is 11.4 Å². The maximum atomic E-state index is 11.3. The number of nitro groups is 1. The van der Waals surface area contributed by atoms with Gasteiger partial charge in [0.2, 0.25) is 0 Å². The van der Waals surface area contributed by atoms with Crippen LogP contribution >= 0.6 is 0 Å². The minimum atomic E-state index is -0.573. The first kappa shape index (κ1) is 14.4. The number of rotatable bonds is 5. The Morgan fingerprint density at radius 2 is 2.26 bits per heavy atom. The second-order valence-electron chi connectivity index (χ2n) is 3.66. The van der Waals surface area contributed by atoms with Crippen LogP contribution in [0.15, 0.2) is 18.2 Å². The van der Waals surface area contributed by atoms with Crippen LogP contribution in [0.2, 0.25) is 0 Å². The van der Waals surface area contributed by atoms with Gasteiger partial charge in [-0.15, -0.1) is 0 Å². The first-order chi connectivity index (χ1) is 9.03. The number of nitro benzene ring substituents is 1. The van der Waals surface area contributed by atoms with Gasteiger partial charge in [-0.05, 0) is 19.1 Å². The predicted octanol–water partition coefficient (Wildman–Crippen LogP) is 1.47. The van der Waals surface area contributed by atoms with Crippen LogP contribution in [-0.2, 0) is 9.53 Å². The number of methoxy groups -OCH3 is 1. The second-order valence-corrected chi connectivity index (χ2v) is 3.66. The number of esters is 1. The molecule has 0 aliphatic heterocycles. The van der Waals surface area contributed by atoms with E-state index in [-0.39, 0.29) is 23.5 Å². The zero-order valence-electron chi connectivity index (χ0n) is 10.6. The summed E-state index contributed by atoms with van der Waals surface area (Å²) < 4.78 is 4.55. The normalized spacial score (nSPS) is 9.53. The van der Waals surface area contributed by atoms with E-state index in [2.05, 4.69) is 4.74 Å². The summed E-state index contributed by atoms with van der Waals surface area (Å²) in [6, 6.07) is 5.97. The molecule has 0 aromatic heterocycles. The van der Waals surface area contributed by atoms with Crippen molar-refractivity contribution < 1.29 is 14.5 Å². The Hall–Kier alpha value is -2.62. The number of hydrogen-bond donors (Lipinski definition) is 0. The van der Waals surface area contributed by atoms with Crippen LogP contribution in [0, 0.1) is 21.4 Å². The molecule has 0 amide bonds. The highest BCUT2D eigenvalue weighted by atomic mass is 16.6. The van der Waals surface area contributed by atoms with E-state index in [0.717, 1.165) is 0 Å². The Kier molecular flexibility index (Phi) is 4.83. The van der Waals surface area contributed by atoms with Crippen LogP contribution in [-0.4, -0.2) is 31.1 Å². The highest BCUT2D eigenvalue weighted by Gasteiger charge is 2.21. The second kappa shape index (κ2) is 6.35. The molecule has 1 rings (SSSR count). The van der Waals surface area contributed by atoms with E-state index in [1.54, 1.807) is 6.92 Å². The fraction of sp³-hybridized carbons (Fsp3) is 0.333. The molecule has 100 valence electrons. The standard InChI is InChI=1S/C12H13N3O4/c1-3-14(8-12(16)19-2)10-5-4-9(7-13)6-11(10)15(17)18/h4-6H,3,8H2,1-2H3. The summed E-state index contributed by atoms with van der Waals surface area (Å²) in [4.78, 5) is 23.2. The lowest BCUT2D eigenvalue weighted by Gasteiger charge is -2.21. The van der Waals surface area contributed by atoms with Crippen LogP contribution in [0.3, 0.4) is 0 Å². The van der Waals surface area contributed by atoms with Gasteiger partial charge in [-0.25, -0.2) is 0 Å². The molecule has 0 atom stereocenters. The molecule has 0 aliphatic rings. The molecule has 0 aliphatic carbocycles. The SMILES string of the molecule is CCN(CC(=O)OC)c1ccc(C#N)cc1[N+](=O)[O-]. The molecular formula is C12H13N3O4. The fourth-order valence-electron chi connectivity index (χ4n) is 1.59. The van der Waals surface area contributed by atoms with E-state index < -0.39 is 10.9 Å². The van der Waals surface area contributed by atoms with Crippen LogP contribution in [0.1, 0.15) is 12.5 Å². The molecule has 0 heterocycles. The maximum absolute atomic E-state index is 11.3. The number of likely N-dealkylation sites (N-methyl/N-ethyl adjacent to an activating group) is 1. The van der Waals surface area contributed by atoms with E-state index in [9.17, 15) is 14.9 Å². The Balaban J connectivity index is 3.20. The first-order valence-electron chi connectivity index (χ1n) is 5.53. The lowest BCUT2D eigenvalue weighted by atomic mass is 10.1. The van der Waals surface area contributed by atoms with Gasteiger partial charge in [0.05, 0.1) is 23.7 Å². The van der Waals surface area contributed by atoms with E-state index in [0.29, 0.717) is 6.54 Å². The number of nitriles is 1. The van der Waals surface area contributed by atoms with Gasteiger partial charge in [0.15, 0.2) is 0 Å². The number of nitrogens with zero attached hydrogens (tertiary/aromatic N) is 3. The summed E-state index contributed by atoms with van der Waals surface area (Å²) in [5.41, 5.74) is 0.284. The van der Waals surface area contributed by atoms with Gasteiger partial charge in [0.1, 0.15) is 12.2 Å². The van der Waals surface area contributed by atoms with Gasteiger partial charge in [-0.2, -0.15) is 5.26 Å². The molecule has 0 radical (unpaired) electrons. The lowest BCUT2D eigenvalue weighted by Crippen LogP contribution is -2.30. The molecule has 0 bridgehead atoms. The highest BCUT2D eigenvalue weighted by molar-refractivity contribution is 5.78. The predicted molar refractivity (Wildman–Crippen MR) is 67.7 cm³/mol. The van der Waals surface area contributed by atoms with E-state index in [1.807, 2.05) is 6.07 Å². The summed E-state index contributed by atoms with van der Waals surface area (Å²) in [5.74, 6) is -0.486. The zero-order valence-corrected chi connectivity index (χ0v) is 10.6.